The number of aromatic nitrogens is 1. The monoisotopic (exact) mass is 555 g/mol. The zero-order valence-electron chi connectivity index (χ0n) is 23.8. The standard InChI is InChI=1S/C30H45N5O5/c1-21(2)18-25(34-30(40)35-16-10-6-4-3-5-7-11-17-35)29(39)33-26(28(38)31-15-14-27(36)37)19-22-20-32-24-13-9-8-12-23(22)24/h8-9,12-13,20-21,25-26,32H,3-7,10-11,14-19H2,1-2H3,(H,31,38)(H,33,39)(H,34,40)(H,36,37)/t25-,26+/m0/s1. The van der Waals surface area contributed by atoms with E-state index in [0.717, 1.165) is 42.1 Å². The van der Waals surface area contributed by atoms with Crippen LogP contribution in [-0.2, 0) is 20.8 Å². The van der Waals surface area contributed by atoms with E-state index in [2.05, 4.69) is 20.9 Å². The Bertz CT molecular complexity index is 1120. The van der Waals surface area contributed by atoms with Gasteiger partial charge in [-0.15, -0.1) is 0 Å². The number of carbonyl (C=O) groups is 4. The molecule has 40 heavy (non-hydrogen) atoms. The van der Waals surface area contributed by atoms with Crippen LogP contribution in [0.5, 0.6) is 0 Å². The molecule has 2 aromatic rings. The van der Waals surface area contributed by atoms with Crippen molar-refractivity contribution in [3.05, 3.63) is 36.0 Å². The molecule has 2 heterocycles. The summed E-state index contributed by atoms with van der Waals surface area (Å²) < 4.78 is 0. The number of fused-ring (bicyclic) bond motifs is 1. The Morgan fingerprint density at radius 1 is 0.900 bits per heavy atom. The summed E-state index contributed by atoms with van der Waals surface area (Å²) in [4.78, 5) is 56.0. The van der Waals surface area contributed by atoms with Gasteiger partial charge in [-0.2, -0.15) is 0 Å². The van der Waals surface area contributed by atoms with Gasteiger partial charge in [0.25, 0.3) is 0 Å². The van der Waals surface area contributed by atoms with Gasteiger partial charge in [0.1, 0.15) is 12.1 Å². The fourth-order valence-electron chi connectivity index (χ4n) is 5.17. The van der Waals surface area contributed by atoms with Crippen LogP contribution in [0.2, 0.25) is 0 Å². The van der Waals surface area contributed by atoms with Crippen LogP contribution in [0.1, 0.15) is 77.2 Å². The van der Waals surface area contributed by atoms with E-state index in [-0.39, 0.29) is 31.3 Å². The van der Waals surface area contributed by atoms with E-state index in [1.807, 2.05) is 49.2 Å². The number of nitrogens with one attached hydrogen (secondary N) is 4. The lowest BCUT2D eigenvalue weighted by Gasteiger charge is -2.28. The molecule has 1 aliphatic heterocycles. The molecule has 0 bridgehead atoms. The van der Waals surface area contributed by atoms with Crippen molar-refractivity contribution < 1.29 is 24.3 Å². The number of aliphatic carboxylic acids is 1. The minimum atomic E-state index is -1.02. The zero-order chi connectivity index (χ0) is 28.9. The molecule has 0 radical (unpaired) electrons. The van der Waals surface area contributed by atoms with E-state index in [1.54, 1.807) is 0 Å². The Kier molecular flexibility index (Phi) is 12.3. The number of hydrogen-bond donors (Lipinski definition) is 5. The average Bonchev–Trinajstić information content (AvgIpc) is 3.33. The maximum atomic E-state index is 13.6. The molecule has 5 N–H and O–H groups in total. The number of aromatic amines is 1. The smallest absolute Gasteiger partial charge is 0.318 e. The maximum Gasteiger partial charge on any atom is 0.318 e. The van der Waals surface area contributed by atoms with E-state index < -0.39 is 29.9 Å². The van der Waals surface area contributed by atoms with Crippen molar-refractivity contribution in [2.24, 2.45) is 5.92 Å². The van der Waals surface area contributed by atoms with E-state index in [4.69, 9.17) is 5.11 Å². The minimum Gasteiger partial charge on any atom is -0.481 e. The molecular weight excluding hydrogens is 510 g/mol. The number of nitrogens with zero attached hydrogens (tertiary/aromatic N) is 1. The summed E-state index contributed by atoms with van der Waals surface area (Å²) in [5.41, 5.74) is 1.77. The predicted molar refractivity (Wildman–Crippen MR) is 155 cm³/mol. The predicted octanol–water partition coefficient (Wildman–Crippen LogP) is 3.96. The first-order valence-electron chi connectivity index (χ1n) is 14.6. The highest BCUT2D eigenvalue weighted by molar-refractivity contribution is 5.93. The fraction of sp³-hybridized carbons (Fsp3) is 0.600. The molecule has 2 atom stereocenters. The van der Waals surface area contributed by atoms with Crippen LogP contribution < -0.4 is 16.0 Å². The molecule has 10 nitrogen and oxygen atoms in total. The first-order chi connectivity index (χ1) is 19.2. The van der Waals surface area contributed by atoms with Crippen molar-refractivity contribution in [2.45, 2.75) is 90.1 Å². The first kappa shape index (κ1) is 31.0. The largest absolute Gasteiger partial charge is 0.481 e. The number of para-hydroxylation sites is 1. The molecule has 10 heteroatoms. The third kappa shape index (κ3) is 9.88. The number of amides is 4. The van der Waals surface area contributed by atoms with E-state index in [9.17, 15) is 19.2 Å². The highest BCUT2D eigenvalue weighted by atomic mass is 16.4. The number of carbonyl (C=O) groups excluding carboxylic acids is 3. The molecule has 220 valence electrons. The summed E-state index contributed by atoms with van der Waals surface area (Å²) in [5.74, 6) is -1.79. The molecule has 0 spiro atoms. The van der Waals surface area contributed by atoms with Gasteiger partial charge in [0, 0.05) is 43.2 Å². The van der Waals surface area contributed by atoms with Crippen molar-refractivity contribution >= 4 is 34.7 Å². The second-order valence-corrected chi connectivity index (χ2v) is 11.2. The van der Waals surface area contributed by atoms with Gasteiger partial charge in [0.15, 0.2) is 0 Å². The topological polar surface area (TPSA) is 144 Å². The molecule has 0 aliphatic carbocycles. The highest BCUT2D eigenvalue weighted by Gasteiger charge is 2.29. The summed E-state index contributed by atoms with van der Waals surface area (Å²) in [6.45, 7) is 5.25. The molecule has 1 saturated heterocycles. The average molecular weight is 556 g/mol. The number of carboxylic acid groups (broad SMARTS) is 1. The number of hydrogen-bond acceptors (Lipinski definition) is 4. The molecule has 3 rings (SSSR count). The summed E-state index contributed by atoms with van der Waals surface area (Å²) in [7, 11) is 0. The van der Waals surface area contributed by atoms with Gasteiger partial charge in [0.05, 0.1) is 6.42 Å². The van der Waals surface area contributed by atoms with Gasteiger partial charge in [-0.05, 0) is 36.8 Å². The van der Waals surface area contributed by atoms with Gasteiger partial charge >= 0.3 is 12.0 Å². The quantitative estimate of drug-likeness (QED) is 0.285. The van der Waals surface area contributed by atoms with E-state index in [0.29, 0.717) is 19.5 Å². The summed E-state index contributed by atoms with van der Waals surface area (Å²) in [6.07, 6.45) is 9.89. The zero-order valence-corrected chi connectivity index (χ0v) is 23.8. The fourth-order valence-corrected chi connectivity index (χ4v) is 5.17. The molecule has 0 unspecified atom stereocenters. The number of H-pyrrole nitrogens is 1. The second-order valence-electron chi connectivity index (χ2n) is 11.2. The van der Waals surface area contributed by atoms with Gasteiger partial charge < -0.3 is 30.9 Å². The van der Waals surface area contributed by atoms with Crippen LogP contribution in [-0.4, -0.2) is 70.5 Å². The Morgan fingerprint density at radius 2 is 1.55 bits per heavy atom. The first-order valence-corrected chi connectivity index (χ1v) is 14.6. The number of carboxylic acids is 1. The van der Waals surface area contributed by atoms with Crippen molar-refractivity contribution in [1.82, 2.24) is 25.8 Å². The number of rotatable bonds is 11. The van der Waals surface area contributed by atoms with Crippen molar-refractivity contribution in [3.8, 4) is 0 Å². The Hall–Kier alpha value is -3.56. The van der Waals surface area contributed by atoms with Gasteiger partial charge in [0.2, 0.25) is 11.8 Å². The lowest BCUT2D eigenvalue weighted by molar-refractivity contribution is -0.137. The lowest BCUT2D eigenvalue weighted by Crippen LogP contribution is -2.56. The highest BCUT2D eigenvalue weighted by Crippen LogP contribution is 2.19. The summed E-state index contributed by atoms with van der Waals surface area (Å²) >= 11 is 0. The molecule has 4 amide bonds. The van der Waals surface area contributed by atoms with Gasteiger partial charge in [-0.1, -0.05) is 64.2 Å². The normalized spacial score (nSPS) is 16.2. The van der Waals surface area contributed by atoms with Crippen LogP contribution >= 0.6 is 0 Å². The lowest BCUT2D eigenvalue weighted by atomic mass is 10.0. The Morgan fingerprint density at radius 3 is 2.20 bits per heavy atom. The van der Waals surface area contributed by atoms with Crippen LogP contribution in [0.25, 0.3) is 10.9 Å². The van der Waals surface area contributed by atoms with Crippen LogP contribution in [0, 0.1) is 5.92 Å². The molecule has 1 aliphatic rings. The van der Waals surface area contributed by atoms with Crippen LogP contribution in [0.4, 0.5) is 4.79 Å². The molecule has 1 aromatic heterocycles. The Balaban J connectivity index is 1.74. The molecule has 1 aromatic carbocycles. The van der Waals surface area contributed by atoms with E-state index in [1.165, 1.54) is 19.3 Å². The molecule has 1 fully saturated rings. The van der Waals surface area contributed by atoms with Crippen LogP contribution in [0.15, 0.2) is 30.5 Å². The van der Waals surface area contributed by atoms with Crippen LogP contribution in [0.3, 0.4) is 0 Å². The molecular formula is C30H45N5O5. The van der Waals surface area contributed by atoms with E-state index >= 15 is 0 Å². The summed E-state index contributed by atoms with van der Waals surface area (Å²) in [6, 6.07) is 5.69. The maximum absolute atomic E-state index is 13.6. The number of urea groups is 1. The summed E-state index contributed by atoms with van der Waals surface area (Å²) in [5, 5.41) is 18.4. The van der Waals surface area contributed by atoms with Gasteiger partial charge in [-0.3, -0.25) is 14.4 Å². The minimum absolute atomic E-state index is 0.0461. The molecule has 0 saturated carbocycles. The third-order valence-electron chi connectivity index (χ3n) is 7.33. The Labute approximate surface area is 236 Å². The van der Waals surface area contributed by atoms with Gasteiger partial charge in [-0.25, -0.2) is 4.79 Å². The van der Waals surface area contributed by atoms with Crippen molar-refractivity contribution in [3.63, 3.8) is 0 Å². The number of benzene rings is 1. The third-order valence-corrected chi connectivity index (χ3v) is 7.33. The van der Waals surface area contributed by atoms with Crippen molar-refractivity contribution in [2.75, 3.05) is 19.6 Å². The second kappa shape index (κ2) is 15.9. The van der Waals surface area contributed by atoms with Crippen molar-refractivity contribution in [1.29, 1.82) is 0 Å². The SMILES string of the molecule is CC(C)C[C@H](NC(=O)N1CCCCCCCCC1)C(=O)N[C@H](Cc1c[nH]c2ccccc12)C(=O)NCCC(=O)O.